The number of ether oxygens (including phenoxy) is 3. The quantitative estimate of drug-likeness (QED) is 0.864. The number of methoxy groups -OCH3 is 1. The Morgan fingerprint density at radius 1 is 1.21 bits per heavy atom. The van der Waals surface area contributed by atoms with Crippen LogP contribution in [0.1, 0.15) is 27.2 Å². The first-order chi connectivity index (χ1) is 13.2. The molecule has 2 N–H and O–H groups in total. The summed E-state index contributed by atoms with van der Waals surface area (Å²) >= 11 is 0. The van der Waals surface area contributed by atoms with Crippen LogP contribution in [0.2, 0.25) is 0 Å². The monoisotopic (exact) mass is 387 g/mol. The van der Waals surface area contributed by atoms with Crippen molar-refractivity contribution < 1.29 is 23.8 Å². The minimum atomic E-state index is -0.788. The fraction of sp³-hybridized carbons (Fsp3) is 0.450. The molecule has 2 atom stereocenters. The summed E-state index contributed by atoms with van der Waals surface area (Å²) in [6.45, 7) is 5.48. The van der Waals surface area contributed by atoms with E-state index in [-0.39, 0.29) is 13.0 Å². The molecule has 3 rings (SSSR count). The summed E-state index contributed by atoms with van der Waals surface area (Å²) in [4.78, 5) is 30.0. The molecule has 2 heterocycles. The lowest BCUT2D eigenvalue weighted by atomic mass is 10.1. The minimum Gasteiger partial charge on any atom is -0.494 e. The van der Waals surface area contributed by atoms with E-state index in [1.165, 1.54) is 4.90 Å². The summed E-state index contributed by atoms with van der Waals surface area (Å²) in [7, 11) is 1.58. The zero-order valence-corrected chi connectivity index (χ0v) is 16.5. The Bertz CT molecular complexity index is 893. The number of fused-ring (bicyclic) bond motifs is 1. The molecule has 8 heteroatoms. The molecule has 2 amide bonds. The Hall–Kier alpha value is -3.03. The van der Waals surface area contributed by atoms with E-state index in [2.05, 4.69) is 4.98 Å². The molecular formula is C20H25N3O5. The second kappa shape index (κ2) is 7.53. The number of nitrogens with two attached hydrogens (primary N) is 1. The SMILES string of the molecule is COc1cnc(O[C@@H]2CC(C(N)=O)N(C(=O)OC(C)(C)C)C2)c2ccccc12. The van der Waals surface area contributed by atoms with Crippen LogP contribution >= 0.6 is 0 Å². The number of likely N-dealkylation sites (tertiary alicyclic amines) is 1. The maximum atomic E-state index is 12.5. The van der Waals surface area contributed by atoms with E-state index in [1.807, 2.05) is 24.3 Å². The standard InChI is InChI=1S/C20H25N3O5/c1-20(2,3)28-19(25)23-11-12(9-15(23)17(21)24)27-18-14-8-6-5-7-13(14)16(26-4)10-22-18/h5-8,10,12,15H,9,11H2,1-4H3,(H2,21,24)/t12-,15?/m1/s1. The van der Waals surface area contributed by atoms with Crippen LogP contribution in [-0.4, -0.2) is 53.3 Å². The number of rotatable bonds is 4. The van der Waals surface area contributed by atoms with Crippen molar-refractivity contribution in [1.29, 1.82) is 0 Å². The third kappa shape index (κ3) is 4.11. The van der Waals surface area contributed by atoms with Gasteiger partial charge >= 0.3 is 6.09 Å². The normalized spacial score (nSPS) is 19.5. The second-order valence-electron chi connectivity index (χ2n) is 7.70. The van der Waals surface area contributed by atoms with Crippen molar-refractivity contribution in [2.75, 3.05) is 13.7 Å². The lowest BCUT2D eigenvalue weighted by molar-refractivity contribution is -0.122. The maximum Gasteiger partial charge on any atom is 0.411 e. The van der Waals surface area contributed by atoms with Gasteiger partial charge in [-0.15, -0.1) is 0 Å². The lowest BCUT2D eigenvalue weighted by Gasteiger charge is -2.27. The second-order valence-corrected chi connectivity index (χ2v) is 7.70. The number of primary amides is 1. The Labute approximate surface area is 163 Å². The molecule has 0 bridgehead atoms. The number of nitrogens with zero attached hydrogens (tertiary/aromatic N) is 2. The molecule has 150 valence electrons. The highest BCUT2D eigenvalue weighted by atomic mass is 16.6. The number of aromatic nitrogens is 1. The zero-order chi connectivity index (χ0) is 20.5. The number of carbonyl (C=O) groups is 2. The van der Waals surface area contributed by atoms with Crippen molar-refractivity contribution in [2.24, 2.45) is 5.73 Å². The van der Waals surface area contributed by atoms with E-state index >= 15 is 0 Å². The van der Waals surface area contributed by atoms with Gasteiger partial charge in [-0.25, -0.2) is 9.78 Å². The van der Waals surface area contributed by atoms with Crippen LogP contribution in [-0.2, 0) is 9.53 Å². The van der Waals surface area contributed by atoms with Gasteiger partial charge in [0.05, 0.1) is 19.9 Å². The first-order valence-electron chi connectivity index (χ1n) is 9.07. The van der Waals surface area contributed by atoms with E-state index in [1.54, 1.807) is 34.1 Å². The smallest absolute Gasteiger partial charge is 0.411 e. The summed E-state index contributed by atoms with van der Waals surface area (Å²) in [5.41, 5.74) is 4.82. The first kappa shape index (κ1) is 19.7. The molecule has 1 unspecified atom stereocenters. The molecule has 0 saturated carbocycles. The summed E-state index contributed by atoms with van der Waals surface area (Å²) in [5, 5.41) is 1.65. The fourth-order valence-electron chi connectivity index (χ4n) is 3.23. The van der Waals surface area contributed by atoms with Gasteiger partial charge in [0.15, 0.2) is 0 Å². The fourth-order valence-corrected chi connectivity index (χ4v) is 3.23. The van der Waals surface area contributed by atoms with Crippen LogP contribution in [0.25, 0.3) is 10.8 Å². The Morgan fingerprint density at radius 3 is 2.50 bits per heavy atom. The van der Waals surface area contributed by atoms with E-state index in [0.29, 0.717) is 11.6 Å². The topological polar surface area (TPSA) is 104 Å². The Kier molecular flexibility index (Phi) is 5.31. The molecule has 1 aliphatic heterocycles. The molecule has 1 aliphatic rings. The average molecular weight is 387 g/mol. The Balaban J connectivity index is 1.83. The molecule has 1 aromatic carbocycles. The van der Waals surface area contributed by atoms with Crippen LogP contribution in [0.15, 0.2) is 30.5 Å². The van der Waals surface area contributed by atoms with Gasteiger partial charge in [-0.05, 0) is 26.8 Å². The molecule has 8 nitrogen and oxygen atoms in total. The van der Waals surface area contributed by atoms with E-state index in [9.17, 15) is 9.59 Å². The predicted molar refractivity (Wildman–Crippen MR) is 103 cm³/mol. The largest absolute Gasteiger partial charge is 0.494 e. The number of amides is 2. The number of carbonyl (C=O) groups excluding carboxylic acids is 2. The third-order valence-corrected chi connectivity index (χ3v) is 4.44. The maximum absolute atomic E-state index is 12.5. The van der Waals surface area contributed by atoms with Crippen molar-refractivity contribution in [1.82, 2.24) is 9.88 Å². The van der Waals surface area contributed by atoms with Crippen LogP contribution in [0.4, 0.5) is 4.79 Å². The zero-order valence-electron chi connectivity index (χ0n) is 16.5. The van der Waals surface area contributed by atoms with Crippen molar-refractivity contribution >= 4 is 22.8 Å². The lowest BCUT2D eigenvalue weighted by Crippen LogP contribution is -2.45. The van der Waals surface area contributed by atoms with Gasteiger partial charge in [-0.3, -0.25) is 9.69 Å². The summed E-state index contributed by atoms with van der Waals surface area (Å²) in [6.07, 6.45) is 0.838. The number of pyridine rings is 1. The summed E-state index contributed by atoms with van der Waals surface area (Å²) in [5.74, 6) is 0.458. The highest BCUT2D eigenvalue weighted by Gasteiger charge is 2.42. The molecule has 0 aliphatic carbocycles. The molecule has 28 heavy (non-hydrogen) atoms. The van der Waals surface area contributed by atoms with E-state index in [0.717, 1.165) is 10.8 Å². The van der Waals surface area contributed by atoms with Gasteiger partial charge in [-0.1, -0.05) is 18.2 Å². The first-order valence-corrected chi connectivity index (χ1v) is 9.07. The molecule has 1 saturated heterocycles. The molecule has 0 radical (unpaired) electrons. The molecule has 1 fully saturated rings. The van der Waals surface area contributed by atoms with Crippen LogP contribution in [0.5, 0.6) is 11.6 Å². The van der Waals surface area contributed by atoms with Gasteiger partial charge in [-0.2, -0.15) is 0 Å². The van der Waals surface area contributed by atoms with Crippen molar-refractivity contribution in [3.8, 4) is 11.6 Å². The number of hydrogen-bond acceptors (Lipinski definition) is 6. The van der Waals surface area contributed by atoms with E-state index in [4.69, 9.17) is 19.9 Å². The molecule has 2 aromatic rings. The van der Waals surface area contributed by atoms with Gasteiger partial charge in [0.2, 0.25) is 11.8 Å². The highest BCUT2D eigenvalue weighted by molar-refractivity contribution is 5.91. The van der Waals surface area contributed by atoms with Crippen LogP contribution in [0, 0.1) is 0 Å². The van der Waals surface area contributed by atoms with Gasteiger partial charge < -0.3 is 19.9 Å². The van der Waals surface area contributed by atoms with Crippen molar-refractivity contribution in [2.45, 2.75) is 44.9 Å². The summed E-state index contributed by atoms with van der Waals surface area (Å²) < 4.78 is 16.8. The van der Waals surface area contributed by atoms with Gasteiger partial charge in [0.25, 0.3) is 0 Å². The summed E-state index contributed by atoms with van der Waals surface area (Å²) in [6, 6.07) is 6.79. The Morgan fingerprint density at radius 2 is 1.89 bits per heavy atom. The highest BCUT2D eigenvalue weighted by Crippen LogP contribution is 2.33. The molecular weight excluding hydrogens is 362 g/mol. The predicted octanol–water partition coefficient (Wildman–Crippen LogP) is 2.49. The van der Waals surface area contributed by atoms with E-state index < -0.39 is 29.7 Å². The molecule has 0 spiro atoms. The van der Waals surface area contributed by atoms with Crippen LogP contribution < -0.4 is 15.2 Å². The number of benzene rings is 1. The van der Waals surface area contributed by atoms with Crippen LogP contribution in [0.3, 0.4) is 0 Å². The third-order valence-electron chi connectivity index (χ3n) is 4.44. The van der Waals surface area contributed by atoms with Crippen molar-refractivity contribution in [3.05, 3.63) is 30.5 Å². The van der Waals surface area contributed by atoms with Gasteiger partial charge in [0, 0.05) is 17.2 Å². The number of hydrogen-bond donors (Lipinski definition) is 1. The van der Waals surface area contributed by atoms with Crippen molar-refractivity contribution in [3.63, 3.8) is 0 Å². The average Bonchev–Trinajstić information content (AvgIpc) is 3.05. The molecule has 1 aromatic heterocycles. The minimum absolute atomic E-state index is 0.185. The van der Waals surface area contributed by atoms with Gasteiger partial charge in [0.1, 0.15) is 23.5 Å².